The molecule has 1 rings (SSSR count). The summed E-state index contributed by atoms with van der Waals surface area (Å²) in [6.07, 6.45) is 1.42. The summed E-state index contributed by atoms with van der Waals surface area (Å²) < 4.78 is 0. The van der Waals surface area contributed by atoms with E-state index in [4.69, 9.17) is 20.1 Å². The van der Waals surface area contributed by atoms with Gasteiger partial charge in [0.15, 0.2) is 0 Å². The molecule has 0 bridgehead atoms. The lowest BCUT2D eigenvalue weighted by atomic mass is 9.64. The van der Waals surface area contributed by atoms with Gasteiger partial charge in [-0.2, -0.15) is 0 Å². The summed E-state index contributed by atoms with van der Waals surface area (Å²) in [5, 5.41) is 36.0. The van der Waals surface area contributed by atoms with Crippen molar-refractivity contribution in [3.8, 4) is 0 Å². The van der Waals surface area contributed by atoms with E-state index in [0.717, 1.165) is 0 Å². The normalized spacial score (nSPS) is 9.71. The maximum atomic E-state index is 9.05. The first-order valence-corrected chi connectivity index (χ1v) is 4.05. The van der Waals surface area contributed by atoms with Crippen molar-refractivity contribution in [1.82, 2.24) is 0 Å². The van der Waals surface area contributed by atoms with Crippen LogP contribution in [0.4, 0.5) is 0 Å². The molecule has 0 unspecified atom stereocenters. The van der Waals surface area contributed by atoms with Crippen molar-refractivity contribution in [1.29, 1.82) is 0 Å². The molecule has 0 spiro atoms. The zero-order chi connectivity index (χ0) is 10.7. The highest BCUT2D eigenvalue weighted by molar-refractivity contribution is 6.72. The second-order valence-corrected chi connectivity index (χ2v) is 2.80. The molecule has 4 N–H and O–H groups in total. The Morgan fingerprint density at radius 3 is 2.14 bits per heavy atom. The van der Waals surface area contributed by atoms with E-state index in [9.17, 15) is 0 Å². The van der Waals surface area contributed by atoms with Crippen molar-refractivity contribution in [3.05, 3.63) is 30.3 Å². The Morgan fingerprint density at radius 1 is 1.07 bits per heavy atom. The minimum atomic E-state index is -1.75. The third-order valence-corrected chi connectivity index (χ3v) is 1.93. The lowest BCUT2D eigenvalue weighted by Crippen LogP contribution is -2.50. The molecule has 72 valence electrons. The average molecular weight is 192 g/mol. The highest BCUT2D eigenvalue weighted by Gasteiger charge is 2.24. The van der Waals surface area contributed by atoms with E-state index in [1.165, 1.54) is 12.1 Å². The Balaban J connectivity index is 3.35. The first-order valence-electron chi connectivity index (χ1n) is 4.05. The monoisotopic (exact) mass is 192 g/mol. The van der Waals surface area contributed by atoms with Gasteiger partial charge in [0.25, 0.3) is 0 Å². The van der Waals surface area contributed by atoms with Gasteiger partial charge in [0.1, 0.15) is 0 Å². The van der Waals surface area contributed by atoms with E-state index in [2.05, 4.69) is 6.58 Å². The molecule has 0 radical (unpaired) electrons. The Kier molecular flexibility index (Phi) is 3.49. The number of benzene rings is 1. The maximum absolute atomic E-state index is 9.05. The minimum Gasteiger partial charge on any atom is -0.423 e. The Hall–Kier alpha value is -1.07. The average Bonchev–Trinajstić information content (AvgIpc) is 2.16. The molecule has 1 aromatic rings. The fraction of sp³-hybridized carbons (Fsp3) is 0. The van der Waals surface area contributed by atoms with Gasteiger partial charge >= 0.3 is 14.2 Å². The smallest absolute Gasteiger partial charge is 0.423 e. The lowest BCUT2D eigenvalue weighted by molar-refractivity contribution is 0.419. The minimum absolute atomic E-state index is 0.0670. The summed E-state index contributed by atoms with van der Waals surface area (Å²) in [5.74, 6) is 0. The Morgan fingerprint density at radius 2 is 1.71 bits per heavy atom. The van der Waals surface area contributed by atoms with Gasteiger partial charge in [-0.15, -0.1) is 0 Å². The van der Waals surface area contributed by atoms with Crippen molar-refractivity contribution < 1.29 is 20.1 Å². The predicted octanol–water partition coefficient (Wildman–Crippen LogP) is -2.31. The molecule has 0 atom stereocenters. The molecule has 0 heterocycles. The Bertz CT molecular complexity index is 338. The fourth-order valence-electron chi connectivity index (χ4n) is 1.30. The third-order valence-electron chi connectivity index (χ3n) is 1.93. The van der Waals surface area contributed by atoms with Crippen molar-refractivity contribution in [2.45, 2.75) is 0 Å². The Labute approximate surface area is 82.4 Å². The molecule has 14 heavy (non-hydrogen) atoms. The molecule has 0 aliphatic carbocycles. The number of hydrogen-bond donors (Lipinski definition) is 4. The highest BCUT2D eigenvalue weighted by atomic mass is 16.4. The van der Waals surface area contributed by atoms with Gasteiger partial charge in [0.05, 0.1) is 0 Å². The van der Waals surface area contributed by atoms with E-state index in [0.29, 0.717) is 5.56 Å². The van der Waals surface area contributed by atoms with Crippen LogP contribution in [-0.2, 0) is 0 Å². The van der Waals surface area contributed by atoms with Crippen molar-refractivity contribution in [2.75, 3.05) is 0 Å². The highest BCUT2D eigenvalue weighted by Crippen LogP contribution is 1.97. The molecule has 0 amide bonds. The zero-order valence-electron chi connectivity index (χ0n) is 7.46. The van der Waals surface area contributed by atoms with E-state index in [-0.39, 0.29) is 10.9 Å². The van der Waals surface area contributed by atoms with Crippen molar-refractivity contribution in [2.24, 2.45) is 0 Å². The number of rotatable bonds is 3. The molecule has 4 nitrogen and oxygen atoms in total. The van der Waals surface area contributed by atoms with Gasteiger partial charge in [0.2, 0.25) is 0 Å². The van der Waals surface area contributed by atoms with Gasteiger partial charge in [-0.25, -0.2) is 0 Å². The molecular formula is C8H10B2O4. The van der Waals surface area contributed by atoms with Gasteiger partial charge < -0.3 is 20.1 Å². The van der Waals surface area contributed by atoms with Crippen LogP contribution in [0.3, 0.4) is 0 Å². The zero-order valence-corrected chi connectivity index (χ0v) is 7.46. The van der Waals surface area contributed by atoms with Crippen molar-refractivity contribution >= 4 is 31.2 Å². The molecule has 0 aliphatic heterocycles. The molecule has 0 aromatic heterocycles. The molecule has 6 heteroatoms. The van der Waals surface area contributed by atoms with Gasteiger partial charge in [-0.1, -0.05) is 30.9 Å². The van der Waals surface area contributed by atoms with E-state index in [1.807, 2.05) is 0 Å². The van der Waals surface area contributed by atoms with Crippen LogP contribution in [-0.4, -0.2) is 34.3 Å². The molecular weight excluding hydrogens is 182 g/mol. The topological polar surface area (TPSA) is 80.9 Å². The van der Waals surface area contributed by atoms with Crippen LogP contribution in [0.2, 0.25) is 0 Å². The van der Waals surface area contributed by atoms with Gasteiger partial charge in [-0.3, -0.25) is 0 Å². The van der Waals surface area contributed by atoms with Crippen LogP contribution in [0.1, 0.15) is 5.56 Å². The summed E-state index contributed by atoms with van der Waals surface area (Å²) in [7, 11) is -3.48. The SMILES string of the molecule is C=Cc1cccc(B(O)O)c1B(O)O. The van der Waals surface area contributed by atoms with Crippen LogP contribution in [0.15, 0.2) is 24.8 Å². The first kappa shape index (κ1) is 11.0. The standard InChI is InChI=1S/C8H10B2O4/c1-2-6-4-3-5-7(9(11)12)8(6)10(13)14/h2-5,11-14H,1H2. The molecule has 1 aromatic carbocycles. The van der Waals surface area contributed by atoms with E-state index >= 15 is 0 Å². The lowest BCUT2D eigenvalue weighted by Gasteiger charge is -2.10. The van der Waals surface area contributed by atoms with Crippen LogP contribution in [0.5, 0.6) is 0 Å². The van der Waals surface area contributed by atoms with Crippen molar-refractivity contribution in [3.63, 3.8) is 0 Å². The van der Waals surface area contributed by atoms with Crippen LogP contribution in [0, 0.1) is 0 Å². The van der Waals surface area contributed by atoms with Gasteiger partial charge in [-0.05, 0) is 16.5 Å². The van der Waals surface area contributed by atoms with Crippen LogP contribution < -0.4 is 10.9 Å². The third kappa shape index (κ3) is 2.05. The van der Waals surface area contributed by atoms with Crippen LogP contribution in [0.25, 0.3) is 6.08 Å². The van der Waals surface area contributed by atoms with E-state index < -0.39 is 14.2 Å². The molecule has 0 saturated heterocycles. The fourth-order valence-corrected chi connectivity index (χ4v) is 1.30. The van der Waals surface area contributed by atoms with Crippen LogP contribution >= 0.6 is 0 Å². The summed E-state index contributed by atoms with van der Waals surface area (Å²) in [5.41, 5.74) is 0.598. The van der Waals surface area contributed by atoms with Gasteiger partial charge in [0, 0.05) is 0 Å². The second-order valence-electron chi connectivity index (χ2n) is 2.80. The summed E-state index contributed by atoms with van der Waals surface area (Å²) in [6, 6.07) is 4.60. The number of hydrogen-bond acceptors (Lipinski definition) is 4. The predicted molar refractivity (Wildman–Crippen MR) is 56.2 cm³/mol. The largest absolute Gasteiger partial charge is 0.488 e. The molecule has 0 fully saturated rings. The second kappa shape index (κ2) is 4.43. The summed E-state index contributed by atoms with van der Waals surface area (Å²) >= 11 is 0. The molecule has 0 aliphatic rings. The molecule has 0 saturated carbocycles. The maximum Gasteiger partial charge on any atom is 0.488 e. The summed E-state index contributed by atoms with van der Waals surface area (Å²) in [6.45, 7) is 3.49. The first-order chi connectivity index (χ1) is 6.57. The van der Waals surface area contributed by atoms with E-state index in [1.54, 1.807) is 12.1 Å². The summed E-state index contributed by atoms with van der Waals surface area (Å²) in [4.78, 5) is 0. The quantitative estimate of drug-likeness (QED) is 0.405.